The van der Waals surface area contributed by atoms with Gasteiger partial charge in [-0.2, -0.15) is 0 Å². The van der Waals surface area contributed by atoms with E-state index in [0.717, 1.165) is 25.1 Å². The molecule has 0 bridgehead atoms. The third-order valence-electron chi connectivity index (χ3n) is 5.45. The highest BCUT2D eigenvalue weighted by atomic mass is 19.1. The Morgan fingerprint density at radius 1 is 1.28 bits per heavy atom. The highest BCUT2D eigenvalue weighted by Gasteiger charge is 2.22. The van der Waals surface area contributed by atoms with Crippen molar-refractivity contribution in [3.8, 4) is 17.0 Å². The molecule has 1 fully saturated rings. The SMILES string of the molecule is COc1cccc(-c2ccc(N)c(C(=O)Nc3cnccc3N3CCCC(N)C3)n2)c1F. The van der Waals surface area contributed by atoms with Gasteiger partial charge in [0.05, 0.1) is 36.1 Å². The fourth-order valence-corrected chi connectivity index (χ4v) is 3.84. The number of halogens is 1. The van der Waals surface area contributed by atoms with Crippen LogP contribution in [-0.2, 0) is 0 Å². The number of nitrogens with one attached hydrogen (secondary N) is 1. The van der Waals surface area contributed by atoms with Crippen LogP contribution in [0, 0.1) is 5.82 Å². The number of carbonyl (C=O) groups excluding carboxylic acids is 1. The van der Waals surface area contributed by atoms with E-state index in [0.29, 0.717) is 12.2 Å². The lowest BCUT2D eigenvalue weighted by Gasteiger charge is -2.33. The van der Waals surface area contributed by atoms with E-state index in [-0.39, 0.29) is 34.4 Å². The lowest BCUT2D eigenvalue weighted by molar-refractivity contribution is 0.102. The number of amides is 1. The largest absolute Gasteiger partial charge is 0.494 e. The number of anilines is 3. The van der Waals surface area contributed by atoms with Gasteiger partial charge in [0.1, 0.15) is 0 Å². The minimum atomic E-state index is -0.561. The predicted octanol–water partition coefficient (Wildman–Crippen LogP) is 3.05. The van der Waals surface area contributed by atoms with Gasteiger partial charge < -0.3 is 26.4 Å². The van der Waals surface area contributed by atoms with Crippen LogP contribution in [0.15, 0.2) is 48.8 Å². The molecule has 8 nitrogen and oxygen atoms in total. The molecule has 1 aromatic carbocycles. The Kier molecular flexibility index (Phi) is 6.18. The van der Waals surface area contributed by atoms with E-state index in [9.17, 15) is 9.18 Å². The van der Waals surface area contributed by atoms with Crippen LogP contribution in [0.1, 0.15) is 23.3 Å². The van der Waals surface area contributed by atoms with Crippen LogP contribution >= 0.6 is 0 Å². The van der Waals surface area contributed by atoms with Gasteiger partial charge in [0, 0.05) is 30.9 Å². The van der Waals surface area contributed by atoms with Crippen LogP contribution in [0.4, 0.5) is 21.5 Å². The average molecular weight is 436 g/mol. The lowest BCUT2D eigenvalue weighted by atomic mass is 10.1. The van der Waals surface area contributed by atoms with Gasteiger partial charge in [0.25, 0.3) is 5.91 Å². The van der Waals surface area contributed by atoms with Crippen molar-refractivity contribution in [1.29, 1.82) is 0 Å². The molecule has 2 aromatic heterocycles. The summed E-state index contributed by atoms with van der Waals surface area (Å²) in [6.07, 6.45) is 5.19. The first-order chi connectivity index (χ1) is 15.5. The van der Waals surface area contributed by atoms with Gasteiger partial charge in [-0.3, -0.25) is 9.78 Å². The van der Waals surface area contributed by atoms with Crippen molar-refractivity contribution in [2.75, 3.05) is 36.1 Å². The summed E-state index contributed by atoms with van der Waals surface area (Å²) in [5.74, 6) is -0.982. The Morgan fingerprint density at radius 2 is 2.12 bits per heavy atom. The topological polar surface area (TPSA) is 119 Å². The van der Waals surface area contributed by atoms with Crippen molar-refractivity contribution in [2.24, 2.45) is 5.73 Å². The number of nitrogen functional groups attached to an aromatic ring is 1. The van der Waals surface area contributed by atoms with E-state index in [1.807, 2.05) is 6.07 Å². The van der Waals surface area contributed by atoms with Crippen molar-refractivity contribution in [3.63, 3.8) is 0 Å². The Balaban J connectivity index is 1.64. The van der Waals surface area contributed by atoms with Crippen molar-refractivity contribution in [2.45, 2.75) is 18.9 Å². The van der Waals surface area contributed by atoms with Crippen LogP contribution in [0.3, 0.4) is 0 Å². The second-order valence-corrected chi connectivity index (χ2v) is 7.65. The molecule has 32 heavy (non-hydrogen) atoms. The normalized spacial score (nSPS) is 16.0. The van der Waals surface area contributed by atoms with E-state index in [1.165, 1.54) is 19.2 Å². The molecule has 0 saturated carbocycles. The van der Waals surface area contributed by atoms with Crippen LogP contribution in [-0.4, -0.2) is 42.1 Å². The van der Waals surface area contributed by atoms with Gasteiger partial charge >= 0.3 is 0 Å². The minimum Gasteiger partial charge on any atom is -0.494 e. The quantitative estimate of drug-likeness (QED) is 0.562. The molecule has 1 atom stereocenters. The molecular weight excluding hydrogens is 411 g/mol. The summed E-state index contributed by atoms with van der Waals surface area (Å²) >= 11 is 0. The zero-order valence-corrected chi connectivity index (χ0v) is 17.7. The fraction of sp³-hybridized carbons (Fsp3) is 0.261. The van der Waals surface area contributed by atoms with Gasteiger partial charge in [0.2, 0.25) is 0 Å². The summed E-state index contributed by atoms with van der Waals surface area (Å²) < 4.78 is 19.7. The standard InChI is InChI=1S/C23H25FN6O2/c1-32-20-6-2-5-15(21(20)24)17-8-7-16(26)22(28-17)23(31)29-18-12-27-10-9-19(18)30-11-3-4-14(25)13-30/h2,5-10,12,14H,3-4,11,13,25-26H2,1H3,(H,29,31). The molecule has 1 amide bonds. The number of carbonyl (C=O) groups is 1. The molecule has 4 rings (SSSR count). The molecule has 1 unspecified atom stereocenters. The molecule has 5 N–H and O–H groups in total. The highest BCUT2D eigenvalue weighted by Crippen LogP contribution is 2.30. The number of piperidine rings is 1. The number of nitrogens with two attached hydrogens (primary N) is 2. The van der Waals surface area contributed by atoms with Crippen LogP contribution in [0.5, 0.6) is 5.75 Å². The number of ether oxygens (including phenoxy) is 1. The van der Waals surface area contributed by atoms with Gasteiger partial charge in [-0.15, -0.1) is 0 Å². The highest BCUT2D eigenvalue weighted by molar-refractivity contribution is 6.07. The number of pyridine rings is 2. The second kappa shape index (κ2) is 9.19. The van der Waals surface area contributed by atoms with Crippen molar-refractivity contribution >= 4 is 23.0 Å². The van der Waals surface area contributed by atoms with Gasteiger partial charge in [-0.1, -0.05) is 6.07 Å². The summed E-state index contributed by atoms with van der Waals surface area (Å²) in [7, 11) is 1.39. The summed E-state index contributed by atoms with van der Waals surface area (Å²) in [5, 5.41) is 2.85. The molecule has 0 aliphatic carbocycles. The first-order valence-corrected chi connectivity index (χ1v) is 10.3. The minimum absolute atomic E-state index is 0.00475. The smallest absolute Gasteiger partial charge is 0.276 e. The average Bonchev–Trinajstić information content (AvgIpc) is 2.80. The molecule has 3 heterocycles. The number of hydrogen-bond donors (Lipinski definition) is 3. The van der Waals surface area contributed by atoms with Crippen LogP contribution < -0.4 is 26.4 Å². The maximum atomic E-state index is 14.7. The van der Waals surface area contributed by atoms with E-state index >= 15 is 0 Å². The van der Waals surface area contributed by atoms with Crippen molar-refractivity contribution in [1.82, 2.24) is 9.97 Å². The molecule has 3 aromatic rings. The first kappa shape index (κ1) is 21.5. The summed E-state index contributed by atoms with van der Waals surface area (Å²) in [6, 6.07) is 9.75. The predicted molar refractivity (Wildman–Crippen MR) is 122 cm³/mol. The number of nitrogens with zero attached hydrogens (tertiary/aromatic N) is 3. The van der Waals surface area contributed by atoms with E-state index < -0.39 is 11.7 Å². The van der Waals surface area contributed by atoms with Gasteiger partial charge in [-0.05, 0) is 43.2 Å². The van der Waals surface area contributed by atoms with Crippen molar-refractivity contribution < 1.29 is 13.9 Å². The first-order valence-electron chi connectivity index (χ1n) is 10.3. The van der Waals surface area contributed by atoms with Crippen LogP contribution in [0.2, 0.25) is 0 Å². The number of methoxy groups -OCH3 is 1. The zero-order valence-electron chi connectivity index (χ0n) is 17.7. The Labute approximate surface area is 185 Å². The number of aromatic nitrogens is 2. The van der Waals surface area contributed by atoms with E-state index in [1.54, 1.807) is 30.6 Å². The molecular formula is C23H25FN6O2. The Hall–Kier alpha value is -3.72. The fourth-order valence-electron chi connectivity index (χ4n) is 3.84. The monoisotopic (exact) mass is 436 g/mol. The third kappa shape index (κ3) is 4.33. The second-order valence-electron chi connectivity index (χ2n) is 7.65. The summed E-state index contributed by atoms with van der Waals surface area (Å²) in [4.78, 5) is 23.7. The van der Waals surface area contributed by atoms with Crippen molar-refractivity contribution in [3.05, 3.63) is 60.3 Å². The third-order valence-corrected chi connectivity index (χ3v) is 5.45. The lowest BCUT2D eigenvalue weighted by Crippen LogP contribution is -2.43. The Bertz CT molecular complexity index is 1140. The summed E-state index contributed by atoms with van der Waals surface area (Å²) in [6.45, 7) is 1.53. The Morgan fingerprint density at radius 3 is 2.91 bits per heavy atom. The number of benzene rings is 1. The molecule has 1 aliphatic heterocycles. The summed E-state index contributed by atoms with van der Waals surface area (Å²) in [5.41, 5.74) is 14.2. The molecule has 166 valence electrons. The van der Waals surface area contributed by atoms with Gasteiger partial charge in [0.15, 0.2) is 17.3 Å². The van der Waals surface area contributed by atoms with Crippen LogP contribution in [0.25, 0.3) is 11.3 Å². The molecule has 0 radical (unpaired) electrons. The molecule has 1 aliphatic rings. The molecule has 1 saturated heterocycles. The maximum absolute atomic E-state index is 14.7. The van der Waals surface area contributed by atoms with E-state index in [4.69, 9.17) is 16.2 Å². The zero-order chi connectivity index (χ0) is 22.7. The number of rotatable bonds is 5. The number of hydrogen-bond acceptors (Lipinski definition) is 7. The molecule has 9 heteroatoms. The molecule has 0 spiro atoms. The van der Waals surface area contributed by atoms with Gasteiger partial charge in [-0.25, -0.2) is 9.37 Å². The maximum Gasteiger partial charge on any atom is 0.276 e. The van der Waals surface area contributed by atoms with E-state index in [2.05, 4.69) is 20.2 Å².